The van der Waals surface area contributed by atoms with E-state index in [0.29, 0.717) is 6.42 Å². The molecule has 0 aromatic heterocycles. The number of carbonyl (C=O) groups is 1. The number of hydrogen-bond acceptors (Lipinski definition) is 4. The van der Waals surface area contributed by atoms with Gasteiger partial charge in [-0.3, -0.25) is 4.79 Å². The van der Waals surface area contributed by atoms with Crippen molar-refractivity contribution < 1.29 is 22.3 Å². The lowest BCUT2D eigenvalue weighted by Crippen LogP contribution is -2.39. The Bertz CT molecular complexity index is 865. The van der Waals surface area contributed by atoms with Crippen LogP contribution in [-0.2, 0) is 21.1 Å². The highest BCUT2D eigenvalue weighted by Gasteiger charge is 2.26. The standard InChI is InChI=1S/C18H18FNO4S/c19-15-5-7-16(8-6-15)25(22,23)10-9-20-18(21)14-11-13-3-1-2-4-17(13)24-12-14/h1-8,14H,9-12H2,(H,20,21)/t14-/m1/s1. The summed E-state index contributed by atoms with van der Waals surface area (Å²) in [5.74, 6) is -0.531. The van der Waals surface area contributed by atoms with E-state index in [1.807, 2.05) is 24.3 Å². The maximum atomic E-state index is 12.9. The minimum absolute atomic E-state index is 0.00328. The number of amides is 1. The Morgan fingerprint density at radius 1 is 1.16 bits per heavy atom. The molecule has 3 rings (SSSR count). The fraction of sp³-hybridized carbons (Fsp3) is 0.278. The molecule has 1 aliphatic rings. The van der Waals surface area contributed by atoms with Crippen molar-refractivity contribution in [2.24, 2.45) is 5.92 Å². The molecule has 0 saturated carbocycles. The quantitative estimate of drug-likeness (QED) is 0.825. The van der Waals surface area contributed by atoms with Gasteiger partial charge < -0.3 is 10.1 Å². The number of fused-ring (bicyclic) bond motifs is 1. The molecule has 0 saturated heterocycles. The first-order chi connectivity index (χ1) is 12.0. The number of halogens is 1. The zero-order valence-corrected chi connectivity index (χ0v) is 14.3. The summed E-state index contributed by atoms with van der Waals surface area (Å²) >= 11 is 0. The third-order valence-electron chi connectivity index (χ3n) is 4.09. The lowest BCUT2D eigenvalue weighted by Gasteiger charge is -2.24. The summed E-state index contributed by atoms with van der Waals surface area (Å²) in [6, 6.07) is 12.2. The Kier molecular flexibility index (Phi) is 5.03. The summed E-state index contributed by atoms with van der Waals surface area (Å²) in [5.41, 5.74) is 0.966. The van der Waals surface area contributed by atoms with E-state index in [1.54, 1.807) is 0 Å². The predicted octanol–water partition coefficient (Wildman–Crippen LogP) is 1.97. The van der Waals surface area contributed by atoms with Crippen LogP contribution in [0.1, 0.15) is 5.56 Å². The van der Waals surface area contributed by atoms with Gasteiger partial charge in [-0.05, 0) is 42.3 Å². The van der Waals surface area contributed by atoms with Crippen molar-refractivity contribution in [1.29, 1.82) is 0 Å². The minimum atomic E-state index is -3.56. The van der Waals surface area contributed by atoms with Gasteiger partial charge in [0.05, 0.1) is 16.6 Å². The molecule has 25 heavy (non-hydrogen) atoms. The zero-order valence-electron chi connectivity index (χ0n) is 13.4. The van der Waals surface area contributed by atoms with E-state index in [2.05, 4.69) is 5.32 Å². The molecule has 7 heteroatoms. The van der Waals surface area contributed by atoms with E-state index >= 15 is 0 Å². The van der Waals surface area contributed by atoms with E-state index in [1.165, 1.54) is 12.1 Å². The van der Waals surface area contributed by atoms with Gasteiger partial charge in [0.15, 0.2) is 9.84 Å². The van der Waals surface area contributed by atoms with E-state index < -0.39 is 15.7 Å². The van der Waals surface area contributed by atoms with Crippen molar-refractivity contribution in [2.75, 3.05) is 18.9 Å². The van der Waals surface area contributed by atoms with Gasteiger partial charge in [-0.1, -0.05) is 18.2 Å². The summed E-state index contributed by atoms with van der Waals surface area (Å²) in [6.45, 7) is 0.268. The molecule has 1 amide bonds. The lowest BCUT2D eigenvalue weighted by molar-refractivity contribution is -0.126. The van der Waals surface area contributed by atoms with Crippen LogP contribution < -0.4 is 10.1 Å². The number of nitrogens with one attached hydrogen (secondary N) is 1. The number of para-hydroxylation sites is 1. The molecule has 5 nitrogen and oxygen atoms in total. The zero-order chi connectivity index (χ0) is 17.9. The molecule has 1 atom stereocenters. The maximum Gasteiger partial charge on any atom is 0.226 e. The number of ether oxygens (including phenoxy) is 1. The molecule has 0 spiro atoms. The second-order valence-corrected chi connectivity index (χ2v) is 7.99. The summed E-state index contributed by atoms with van der Waals surface area (Å²) in [4.78, 5) is 12.3. The predicted molar refractivity (Wildman–Crippen MR) is 90.6 cm³/mol. The summed E-state index contributed by atoms with van der Waals surface area (Å²) in [7, 11) is -3.56. The highest BCUT2D eigenvalue weighted by molar-refractivity contribution is 7.91. The first-order valence-electron chi connectivity index (χ1n) is 7.92. The third kappa shape index (κ3) is 4.17. The molecule has 132 valence electrons. The molecule has 2 aromatic carbocycles. The van der Waals surface area contributed by atoms with Crippen molar-refractivity contribution in [1.82, 2.24) is 5.32 Å². The molecule has 2 aromatic rings. The number of benzene rings is 2. The van der Waals surface area contributed by atoms with E-state index in [0.717, 1.165) is 23.4 Å². The van der Waals surface area contributed by atoms with Gasteiger partial charge >= 0.3 is 0 Å². The Labute approximate surface area is 145 Å². The number of carbonyl (C=O) groups excluding carboxylic acids is 1. The topological polar surface area (TPSA) is 72.5 Å². The molecular formula is C18H18FNO4S. The van der Waals surface area contributed by atoms with E-state index in [-0.39, 0.29) is 35.6 Å². The Balaban J connectivity index is 1.54. The number of hydrogen-bond donors (Lipinski definition) is 1. The van der Waals surface area contributed by atoms with Crippen LogP contribution in [0.3, 0.4) is 0 Å². The molecule has 0 bridgehead atoms. The largest absolute Gasteiger partial charge is 0.492 e. The highest BCUT2D eigenvalue weighted by atomic mass is 32.2. The molecular weight excluding hydrogens is 345 g/mol. The Morgan fingerprint density at radius 2 is 1.88 bits per heavy atom. The second-order valence-electron chi connectivity index (χ2n) is 5.88. The van der Waals surface area contributed by atoms with Gasteiger partial charge in [0, 0.05) is 6.54 Å². The summed E-state index contributed by atoms with van der Waals surface area (Å²) in [5, 5.41) is 2.65. The van der Waals surface area contributed by atoms with Crippen molar-refractivity contribution in [3.63, 3.8) is 0 Å². The fourth-order valence-corrected chi connectivity index (χ4v) is 3.87. The number of sulfone groups is 1. The maximum absolute atomic E-state index is 12.9. The Morgan fingerprint density at radius 3 is 2.64 bits per heavy atom. The van der Waals surface area contributed by atoms with Crippen LogP contribution in [-0.4, -0.2) is 33.2 Å². The molecule has 1 heterocycles. The van der Waals surface area contributed by atoms with Crippen LogP contribution in [0.25, 0.3) is 0 Å². The van der Waals surface area contributed by atoms with Crippen LogP contribution in [0, 0.1) is 11.7 Å². The monoisotopic (exact) mass is 363 g/mol. The van der Waals surface area contributed by atoms with E-state index in [4.69, 9.17) is 4.74 Å². The molecule has 1 N–H and O–H groups in total. The van der Waals surface area contributed by atoms with Crippen LogP contribution in [0.2, 0.25) is 0 Å². The Hall–Kier alpha value is -2.41. The molecule has 0 radical (unpaired) electrons. The van der Waals surface area contributed by atoms with Crippen LogP contribution >= 0.6 is 0 Å². The fourth-order valence-electron chi connectivity index (χ4n) is 2.71. The van der Waals surface area contributed by atoms with Crippen LogP contribution in [0.5, 0.6) is 5.75 Å². The van der Waals surface area contributed by atoms with Gasteiger partial charge in [-0.15, -0.1) is 0 Å². The van der Waals surface area contributed by atoms with Crippen molar-refractivity contribution in [3.05, 3.63) is 59.9 Å². The molecule has 0 aliphatic carbocycles. The lowest BCUT2D eigenvalue weighted by atomic mass is 9.96. The average Bonchev–Trinajstić information content (AvgIpc) is 2.61. The smallest absolute Gasteiger partial charge is 0.226 e. The van der Waals surface area contributed by atoms with Crippen molar-refractivity contribution in [2.45, 2.75) is 11.3 Å². The normalized spacial score (nSPS) is 16.6. The molecule has 0 fully saturated rings. The minimum Gasteiger partial charge on any atom is -0.492 e. The van der Waals surface area contributed by atoms with Crippen LogP contribution in [0.4, 0.5) is 4.39 Å². The molecule has 0 unspecified atom stereocenters. The SMILES string of the molecule is O=C(NCCS(=O)(=O)c1ccc(F)cc1)[C@H]1COc2ccccc2C1. The third-order valence-corrected chi connectivity index (χ3v) is 5.82. The van der Waals surface area contributed by atoms with Gasteiger partial charge in [0.2, 0.25) is 5.91 Å². The van der Waals surface area contributed by atoms with Crippen LogP contribution in [0.15, 0.2) is 53.4 Å². The van der Waals surface area contributed by atoms with Crippen molar-refractivity contribution in [3.8, 4) is 5.75 Å². The van der Waals surface area contributed by atoms with Crippen molar-refractivity contribution >= 4 is 15.7 Å². The number of rotatable bonds is 5. The van der Waals surface area contributed by atoms with E-state index in [9.17, 15) is 17.6 Å². The summed E-state index contributed by atoms with van der Waals surface area (Å²) in [6.07, 6.45) is 0.562. The van der Waals surface area contributed by atoms with Gasteiger partial charge in [-0.25, -0.2) is 12.8 Å². The van der Waals surface area contributed by atoms with Gasteiger partial charge in [0.25, 0.3) is 0 Å². The molecule has 1 aliphatic heterocycles. The highest BCUT2D eigenvalue weighted by Crippen LogP contribution is 2.26. The van der Waals surface area contributed by atoms with Gasteiger partial charge in [0.1, 0.15) is 18.2 Å². The second kappa shape index (κ2) is 7.23. The first-order valence-corrected chi connectivity index (χ1v) is 9.58. The first kappa shape index (κ1) is 17.4. The average molecular weight is 363 g/mol. The van der Waals surface area contributed by atoms with Gasteiger partial charge in [-0.2, -0.15) is 0 Å². The summed E-state index contributed by atoms with van der Waals surface area (Å²) < 4.78 is 42.8.